The van der Waals surface area contributed by atoms with Crippen molar-refractivity contribution in [3.63, 3.8) is 0 Å². The van der Waals surface area contributed by atoms with Crippen LogP contribution in [0.5, 0.6) is 0 Å². The van der Waals surface area contributed by atoms with Gasteiger partial charge >= 0.3 is 0 Å². The molecule has 2 unspecified atom stereocenters. The fraction of sp³-hybridized carbons (Fsp3) is 0.333. The second-order valence-electron chi connectivity index (χ2n) is 5.56. The van der Waals surface area contributed by atoms with Gasteiger partial charge in [-0.25, -0.2) is 0 Å². The number of hydrogen-bond acceptors (Lipinski definition) is 2. The van der Waals surface area contributed by atoms with Crippen molar-refractivity contribution in [2.45, 2.75) is 32.6 Å². The lowest BCUT2D eigenvalue weighted by Gasteiger charge is -2.25. The Bertz CT molecular complexity index is 611. The summed E-state index contributed by atoms with van der Waals surface area (Å²) < 4.78 is 7.34. The SMILES string of the molecule is CCC1CN(c2ccc(C)cc2)C(c2cccc(Br)c2)O1. The van der Waals surface area contributed by atoms with E-state index in [2.05, 4.69) is 77.1 Å². The van der Waals surface area contributed by atoms with Crippen LogP contribution in [0.4, 0.5) is 5.69 Å². The van der Waals surface area contributed by atoms with Gasteiger partial charge in [0.15, 0.2) is 6.23 Å². The van der Waals surface area contributed by atoms with Crippen LogP contribution >= 0.6 is 15.9 Å². The highest BCUT2D eigenvalue weighted by atomic mass is 79.9. The molecule has 3 heteroatoms. The van der Waals surface area contributed by atoms with Crippen LogP contribution in [0.15, 0.2) is 53.0 Å². The number of anilines is 1. The van der Waals surface area contributed by atoms with Crippen LogP contribution in [0.1, 0.15) is 30.7 Å². The molecule has 0 aromatic heterocycles. The van der Waals surface area contributed by atoms with E-state index in [0.717, 1.165) is 17.4 Å². The van der Waals surface area contributed by atoms with E-state index in [4.69, 9.17) is 4.74 Å². The minimum atomic E-state index is -0.00449. The monoisotopic (exact) mass is 345 g/mol. The summed E-state index contributed by atoms with van der Waals surface area (Å²) in [5, 5.41) is 0. The average molecular weight is 346 g/mol. The van der Waals surface area contributed by atoms with Gasteiger partial charge in [0.05, 0.1) is 6.10 Å². The van der Waals surface area contributed by atoms with Gasteiger partial charge in [-0.05, 0) is 37.6 Å². The molecule has 1 aliphatic heterocycles. The van der Waals surface area contributed by atoms with Crippen molar-refractivity contribution in [2.24, 2.45) is 0 Å². The second kappa shape index (κ2) is 6.20. The van der Waals surface area contributed by atoms with Crippen LogP contribution in [0.3, 0.4) is 0 Å². The maximum Gasteiger partial charge on any atom is 0.157 e. The molecule has 0 N–H and O–H groups in total. The Hall–Kier alpha value is -1.32. The van der Waals surface area contributed by atoms with Crippen LogP contribution in [0.25, 0.3) is 0 Å². The zero-order valence-corrected chi connectivity index (χ0v) is 14.0. The Balaban J connectivity index is 1.94. The van der Waals surface area contributed by atoms with Crippen LogP contribution in [0.2, 0.25) is 0 Å². The summed E-state index contributed by atoms with van der Waals surface area (Å²) in [6.07, 6.45) is 1.32. The van der Waals surface area contributed by atoms with E-state index in [9.17, 15) is 0 Å². The van der Waals surface area contributed by atoms with Gasteiger partial charge in [0.25, 0.3) is 0 Å². The molecule has 1 heterocycles. The summed E-state index contributed by atoms with van der Waals surface area (Å²) in [4.78, 5) is 2.36. The smallest absolute Gasteiger partial charge is 0.157 e. The Labute approximate surface area is 134 Å². The van der Waals surface area contributed by atoms with Crippen LogP contribution in [0, 0.1) is 6.92 Å². The number of halogens is 1. The standard InChI is InChI=1S/C18H20BrNO/c1-3-17-12-20(16-9-7-13(2)8-10-16)18(21-17)14-5-4-6-15(19)11-14/h4-11,17-18H,3,12H2,1-2H3. The van der Waals surface area contributed by atoms with E-state index in [1.807, 2.05) is 6.07 Å². The summed E-state index contributed by atoms with van der Waals surface area (Å²) in [6, 6.07) is 17.1. The number of aryl methyl sites for hydroxylation is 1. The molecule has 3 rings (SSSR count). The first-order valence-corrected chi connectivity index (χ1v) is 8.21. The molecule has 110 valence electrons. The van der Waals surface area contributed by atoms with Crippen molar-refractivity contribution >= 4 is 21.6 Å². The molecule has 2 aromatic rings. The molecule has 1 fully saturated rings. The summed E-state index contributed by atoms with van der Waals surface area (Å²) in [6.45, 7) is 5.24. The van der Waals surface area contributed by atoms with Gasteiger partial charge < -0.3 is 9.64 Å². The average Bonchev–Trinajstić information content (AvgIpc) is 2.92. The second-order valence-corrected chi connectivity index (χ2v) is 6.48. The first-order chi connectivity index (χ1) is 10.2. The zero-order chi connectivity index (χ0) is 14.8. The fourth-order valence-corrected chi connectivity index (χ4v) is 3.15. The zero-order valence-electron chi connectivity index (χ0n) is 12.4. The van der Waals surface area contributed by atoms with Crippen molar-refractivity contribution in [3.8, 4) is 0 Å². The topological polar surface area (TPSA) is 12.5 Å². The summed E-state index contributed by atoms with van der Waals surface area (Å²) >= 11 is 3.55. The Morgan fingerprint density at radius 3 is 2.62 bits per heavy atom. The molecule has 0 radical (unpaired) electrons. The van der Waals surface area contributed by atoms with Gasteiger partial charge in [0.2, 0.25) is 0 Å². The van der Waals surface area contributed by atoms with Crippen molar-refractivity contribution in [3.05, 3.63) is 64.1 Å². The van der Waals surface area contributed by atoms with Crippen molar-refractivity contribution < 1.29 is 4.74 Å². The molecule has 2 nitrogen and oxygen atoms in total. The summed E-state index contributed by atoms with van der Waals surface area (Å²) in [7, 11) is 0. The summed E-state index contributed by atoms with van der Waals surface area (Å²) in [5.41, 5.74) is 3.70. The van der Waals surface area contributed by atoms with Gasteiger partial charge in [0, 0.05) is 22.3 Å². The minimum absolute atomic E-state index is 0.00449. The molecule has 0 bridgehead atoms. The third-order valence-corrected chi connectivity index (χ3v) is 4.45. The normalized spacial score (nSPS) is 21.8. The molecule has 0 aliphatic carbocycles. The van der Waals surface area contributed by atoms with Crippen LogP contribution in [-0.4, -0.2) is 12.6 Å². The number of ether oxygens (including phenoxy) is 1. The van der Waals surface area contributed by atoms with Crippen LogP contribution < -0.4 is 4.90 Å². The fourth-order valence-electron chi connectivity index (χ4n) is 2.73. The van der Waals surface area contributed by atoms with Gasteiger partial charge in [-0.1, -0.05) is 52.7 Å². The summed E-state index contributed by atoms with van der Waals surface area (Å²) in [5.74, 6) is 0. The molecular formula is C18H20BrNO. The molecule has 0 saturated carbocycles. The lowest BCUT2D eigenvalue weighted by molar-refractivity contribution is 0.0462. The van der Waals surface area contributed by atoms with E-state index in [1.165, 1.54) is 16.8 Å². The molecular weight excluding hydrogens is 326 g/mol. The van der Waals surface area contributed by atoms with Crippen molar-refractivity contribution in [1.82, 2.24) is 0 Å². The molecule has 2 aromatic carbocycles. The molecule has 1 saturated heterocycles. The predicted octanol–water partition coefficient (Wildman–Crippen LogP) is 5.07. The van der Waals surface area contributed by atoms with Gasteiger partial charge in [0.1, 0.15) is 0 Å². The van der Waals surface area contributed by atoms with E-state index >= 15 is 0 Å². The lowest BCUT2D eigenvalue weighted by atomic mass is 10.1. The highest BCUT2D eigenvalue weighted by molar-refractivity contribution is 9.10. The Morgan fingerprint density at radius 2 is 1.95 bits per heavy atom. The van der Waals surface area contributed by atoms with Crippen LogP contribution in [-0.2, 0) is 4.74 Å². The van der Waals surface area contributed by atoms with Crippen molar-refractivity contribution in [2.75, 3.05) is 11.4 Å². The largest absolute Gasteiger partial charge is 0.349 e. The maximum absolute atomic E-state index is 6.25. The maximum atomic E-state index is 6.25. The molecule has 1 aliphatic rings. The van der Waals surface area contributed by atoms with E-state index in [-0.39, 0.29) is 12.3 Å². The predicted molar refractivity (Wildman–Crippen MR) is 90.6 cm³/mol. The number of hydrogen-bond donors (Lipinski definition) is 0. The number of benzene rings is 2. The quantitative estimate of drug-likeness (QED) is 0.769. The Kier molecular flexibility index (Phi) is 4.32. The third kappa shape index (κ3) is 3.14. The molecule has 0 amide bonds. The van der Waals surface area contributed by atoms with Gasteiger partial charge in [-0.2, -0.15) is 0 Å². The highest BCUT2D eigenvalue weighted by Gasteiger charge is 2.33. The molecule has 0 spiro atoms. The molecule has 21 heavy (non-hydrogen) atoms. The van der Waals surface area contributed by atoms with Gasteiger partial charge in [-0.3, -0.25) is 0 Å². The van der Waals surface area contributed by atoms with E-state index < -0.39 is 0 Å². The Morgan fingerprint density at radius 1 is 1.19 bits per heavy atom. The third-order valence-electron chi connectivity index (χ3n) is 3.96. The molecule has 2 atom stereocenters. The number of nitrogens with zero attached hydrogens (tertiary/aromatic N) is 1. The minimum Gasteiger partial charge on any atom is -0.349 e. The first-order valence-electron chi connectivity index (χ1n) is 7.41. The first kappa shape index (κ1) is 14.6. The van der Waals surface area contributed by atoms with E-state index in [1.54, 1.807) is 0 Å². The highest BCUT2D eigenvalue weighted by Crippen LogP contribution is 2.36. The van der Waals surface area contributed by atoms with Crippen molar-refractivity contribution in [1.29, 1.82) is 0 Å². The van der Waals surface area contributed by atoms with E-state index in [0.29, 0.717) is 0 Å². The number of rotatable bonds is 3. The van der Waals surface area contributed by atoms with Gasteiger partial charge in [-0.15, -0.1) is 0 Å². The lowest BCUT2D eigenvalue weighted by Crippen LogP contribution is -2.24.